The van der Waals surface area contributed by atoms with Crippen molar-refractivity contribution in [3.8, 4) is 0 Å². The van der Waals surface area contributed by atoms with E-state index in [0.717, 1.165) is 11.1 Å². The highest BCUT2D eigenvalue weighted by atomic mass is 19.1. The van der Waals surface area contributed by atoms with Gasteiger partial charge in [0.2, 0.25) is 0 Å². The zero-order valence-electron chi connectivity index (χ0n) is 8.86. The Morgan fingerprint density at radius 1 is 1.50 bits per heavy atom. The van der Waals surface area contributed by atoms with E-state index < -0.39 is 11.7 Å². The zero-order chi connectivity index (χ0) is 11.7. The molecule has 16 heavy (non-hydrogen) atoms. The van der Waals surface area contributed by atoms with Crippen molar-refractivity contribution in [2.75, 3.05) is 14.2 Å². The highest BCUT2D eigenvalue weighted by Crippen LogP contribution is 2.21. The zero-order valence-corrected chi connectivity index (χ0v) is 8.86. The van der Waals surface area contributed by atoms with Crippen LogP contribution in [0.25, 0.3) is 11.0 Å². The Balaban J connectivity index is 2.49. The molecule has 0 unspecified atom stereocenters. The highest BCUT2D eigenvalue weighted by Gasteiger charge is 2.15. The number of hydroxylamine groups is 2. The molecule has 84 valence electrons. The summed E-state index contributed by atoms with van der Waals surface area (Å²) in [5.41, 5.74) is 0.368. The summed E-state index contributed by atoms with van der Waals surface area (Å²) in [5.74, 6) is -0.972. The first-order valence-corrected chi connectivity index (χ1v) is 4.62. The summed E-state index contributed by atoms with van der Waals surface area (Å²) in [6.07, 6.45) is 1.38. The first kappa shape index (κ1) is 10.6. The van der Waals surface area contributed by atoms with Gasteiger partial charge in [-0.2, -0.15) is 0 Å². The number of amides is 1. The topological polar surface area (TPSA) is 42.7 Å². The van der Waals surface area contributed by atoms with E-state index in [4.69, 9.17) is 9.25 Å². The van der Waals surface area contributed by atoms with E-state index in [-0.39, 0.29) is 11.1 Å². The third kappa shape index (κ3) is 1.65. The molecular formula is C11H10FNO3. The minimum Gasteiger partial charge on any atom is -0.461 e. The lowest BCUT2D eigenvalue weighted by Gasteiger charge is -2.13. The summed E-state index contributed by atoms with van der Waals surface area (Å²) < 4.78 is 18.4. The number of hydrogen-bond acceptors (Lipinski definition) is 3. The summed E-state index contributed by atoms with van der Waals surface area (Å²) in [6.45, 7) is 0. The molecule has 0 aliphatic heterocycles. The van der Waals surface area contributed by atoms with Crippen LogP contribution in [0.5, 0.6) is 0 Å². The average Bonchev–Trinajstić information content (AvgIpc) is 2.75. The van der Waals surface area contributed by atoms with E-state index in [1.807, 2.05) is 0 Å². The maximum atomic E-state index is 13.5. The fourth-order valence-electron chi connectivity index (χ4n) is 1.43. The Kier molecular flexibility index (Phi) is 2.62. The van der Waals surface area contributed by atoms with Crippen LogP contribution in [-0.4, -0.2) is 25.1 Å². The van der Waals surface area contributed by atoms with Crippen LogP contribution in [0.1, 0.15) is 10.4 Å². The monoisotopic (exact) mass is 223 g/mol. The largest absolute Gasteiger partial charge is 0.461 e. The molecule has 0 fully saturated rings. The molecule has 1 heterocycles. The Morgan fingerprint density at radius 2 is 2.25 bits per heavy atom. The fourth-order valence-corrected chi connectivity index (χ4v) is 1.43. The molecule has 0 saturated carbocycles. The van der Waals surface area contributed by atoms with Crippen LogP contribution in [0.3, 0.4) is 0 Å². The number of carbonyl (C=O) groups excluding carboxylic acids is 1. The molecule has 0 bridgehead atoms. The number of rotatable bonds is 2. The van der Waals surface area contributed by atoms with Gasteiger partial charge in [-0.05, 0) is 18.2 Å². The fraction of sp³-hybridized carbons (Fsp3) is 0.182. The minimum atomic E-state index is -0.560. The summed E-state index contributed by atoms with van der Waals surface area (Å²) in [6, 6.07) is 4.28. The summed E-state index contributed by atoms with van der Waals surface area (Å²) in [4.78, 5) is 16.4. The number of carbonyl (C=O) groups is 1. The van der Waals surface area contributed by atoms with Gasteiger partial charge in [-0.3, -0.25) is 9.63 Å². The quantitative estimate of drug-likeness (QED) is 0.733. The van der Waals surface area contributed by atoms with E-state index >= 15 is 0 Å². The maximum Gasteiger partial charge on any atom is 0.277 e. The lowest BCUT2D eigenvalue weighted by atomic mass is 10.1. The normalized spacial score (nSPS) is 10.7. The molecule has 1 aromatic carbocycles. The second kappa shape index (κ2) is 3.94. The van der Waals surface area contributed by atoms with Crippen molar-refractivity contribution in [1.82, 2.24) is 5.06 Å². The number of fused-ring (bicyclic) bond motifs is 1. The Morgan fingerprint density at radius 3 is 2.94 bits per heavy atom. The SMILES string of the molecule is CON(C)C(=O)c1cc(F)c2occc2c1. The third-order valence-corrected chi connectivity index (χ3v) is 2.31. The average molecular weight is 223 g/mol. The van der Waals surface area contributed by atoms with E-state index in [0.29, 0.717) is 5.39 Å². The standard InChI is InChI=1S/C11H10FNO3/c1-13(15-2)11(14)8-5-7-3-4-16-10(7)9(12)6-8/h3-6H,1-2H3. The van der Waals surface area contributed by atoms with Gasteiger partial charge in [0, 0.05) is 18.0 Å². The third-order valence-electron chi connectivity index (χ3n) is 2.31. The molecule has 0 spiro atoms. The predicted octanol–water partition coefficient (Wildman–Crippen LogP) is 2.21. The van der Waals surface area contributed by atoms with Crippen LogP contribution in [0.15, 0.2) is 28.9 Å². The molecule has 4 nitrogen and oxygen atoms in total. The Hall–Kier alpha value is -1.88. The molecular weight excluding hydrogens is 213 g/mol. The van der Waals surface area contributed by atoms with Crippen LogP contribution in [-0.2, 0) is 4.84 Å². The second-order valence-electron chi connectivity index (χ2n) is 3.28. The maximum absolute atomic E-state index is 13.5. The van der Waals surface area contributed by atoms with Gasteiger partial charge in [0.15, 0.2) is 11.4 Å². The molecule has 0 N–H and O–H groups in total. The van der Waals surface area contributed by atoms with E-state index in [1.54, 1.807) is 12.1 Å². The van der Waals surface area contributed by atoms with E-state index in [9.17, 15) is 9.18 Å². The highest BCUT2D eigenvalue weighted by molar-refractivity contribution is 5.97. The van der Waals surface area contributed by atoms with Crippen molar-refractivity contribution in [3.63, 3.8) is 0 Å². The van der Waals surface area contributed by atoms with Gasteiger partial charge in [-0.1, -0.05) is 0 Å². The Labute approximate surface area is 91.2 Å². The molecule has 5 heteroatoms. The molecule has 2 rings (SSSR count). The van der Waals surface area contributed by atoms with Crippen LogP contribution >= 0.6 is 0 Å². The molecule has 1 amide bonds. The smallest absolute Gasteiger partial charge is 0.277 e. The van der Waals surface area contributed by atoms with Gasteiger partial charge in [0.25, 0.3) is 5.91 Å². The van der Waals surface area contributed by atoms with Crippen LogP contribution in [0, 0.1) is 5.82 Å². The lowest BCUT2D eigenvalue weighted by molar-refractivity contribution is -0.0757. The van der Waals surface area contributed by atoms with Gasteiger partial charge in [0.1, 0.15) is 0 Å². The van der Waals surface area contributed by atoms with E-state index in [1.165, 1.54) is 20.4 Å². The van der Waals surface area contributed by atoms with Crippen molar-refractivity contribution in [1.29, 1.82) is 0 Å². The molecule has 0 atom stereocenters. The second-order valence-corrected chi connectivity index (χ2v) is 3.28. The molecule has 0 aliphatic carbocycles. The number of nitrogens with zero attached hydrogens (tertiary/aromatic N) is 1. The van der Waals surface area contributed by atoms with Gasteiger partial charge in [0.05, 0.1) is 13.4 Å². The number of benzene rings is 1. The first-order chi connectivity index (χ1) is 7.63. The molecule has 2 aromatic rings. The molecule has 0 radical (unpaired) electrons. The van der Waals surface area contributed by atoms with Gasteiger partial charge >= 0.3 is 0 Å². The van der Waals surface area contributed by atoms with Crippen molar-refractivity contribution in [2.45, 2.75) is 0 Å². The number of furan rings is 1. The summed E-state index contributed by atoms with van der Waals surface area (Å²) in [7, 11) is 2.82. The van der Waals surface area contributed by atoms with Gasteiger partial charge in [-0.15, -0.1) is 0 Å². The first-order valence-electron chi connectivity index (χ1n) is 4.62. The number of halogens is 1. The Bertz CT molecular complexity index is 535. The van der Waals surface area contributed by atoms with Crippen molar-refractivity contribution < 1.29 is 18.4 Å². The molecule has 1 aromatic heterocycles. The lowest BCUT2D eigenvalue weighted by Crippen LogP contribution is -2.25. The number of hydrogen-bond donors (Lipinski definition) is 0. The summed E-state index contributed by atoms with van der Waals surface area (Å²) in [5, 5.41) is 1.58. The van der Waals surface area contributed by atoms with Crippen LogP contribution in [0.4, 0.5) is 4.39 Å². The van der Waals surface area contributed by atoms with Crippen molar-refractivity contribution in [3.05, 3.63) is 35.8 Å². The van der Waals surface area contributed by atoms with Crippen LogP contribution in [0.2, 0.25) is 0 Å². The molecule has 0 aliphatic rings. The molecule has 0 saturated heterocycles. The van der Waals surface area contributed by atoms with E-state index in [2.05, 4.69) is 0 Å². The van der Waals surface area contributed by atoms with Crippen molar-refractivity contribution in [2.24, 2.45) is 0 Å². The van der Waals surface area contributed by atoms with Gasteiger partial charge in [-0.25, -0.2) is 9.45 Å². The minimum absolute atomic E-state index is 0.150. The predicted molar refractivity (Wildman–Crippen MR) is 55.3 cm³/mol. The van der Waals surface area contributed by atoms with Crippen molar-refractivity contribution >= 4 is 16.9 Å². The van der Waals surface area contributed by atoms with Gasteiger partial charge < -0.3 is 4.42 Å². The van der Waals surface area contributed by atoms with Crippen LogP contribution < -0.4 is 0 Å². The summed E-state index contributed by atoms with van der Waals surface area (Å²) >= 11 is 0.